The quantitative estimate of drug-likeness (QED) is 0.757. The van der Waals surface area contributed by atoms with Gasteiger partial charge in [-0.25, -0.2) is 4.98 Å². The number of nitrogens with zero attached hydrogens (tertiary/aromatic N) is 1. The molecule has 1 heterocycles. The van der Waals surface area contributed by atoms with Crippen LogP contribution < -0.4 is 5.32 Å². The van der Waals surface area contributed by atoms with Crippen LogP contribution in [0.25, 0.3) is 0 Å². The number of hydrogen-bond donors (Lipinski definition) is 2. The molecule has 0 bridgehead atoms. The summed E-state index contributed by atoms with van der Waals surface area (Å²) < 4.78 is 5.55. The number of aliphatic hydroxyl groups is 1. The number of aromatic nitrogens is 1. The van der Waals surface area contributed by atoms with Gasteiger partial charge in [0.05, 0.1) is 5.69 Å². The van der Waals surface area contributed by atoms with Crippen LogP contribution in [-0.4, -0.2) is 23.7 Å². The third-order valence-electron chi connectivity index (χ3n) is 2.48. The maximum Gasteiger partial charge on any atom is 0.197 e. The van der Waals surface area contributed by atoms with Gasteiger partial charge in [-0.2, -0.15) is 0 Å². The fourth-order valence-corrected chi connectivity index (χ4v) is 1.53. The maximum absolute atomic E-state index is 9.72. The number of aryl methyl sites for hydroxylation is 1. The van der Waals surface area contributed by atoms with E-state index >= 15 is 0 Å². The molecule has 14 heavy (non-hydrogen) atoms. The van der Waals surface area contributed by atoms with E-state index < -0.39 is 6.10 Å². The second-order valence-electron chi connectivity index (χ2n) is 3.85. The molecule has 1 aromatic heterocycles. The first-order valence-electron chi connectivity index (χ1n) is 5.02. The van der Waals surface area contributed by atoms with Crippen LogP contribution in [0.5, 0.6) is 0 Å². The maximum atomic E-state index is 9.72. The van der Waals surface area contributed by atoms with Crippen molar-refractivity contribution >= 4 is 0 Å². The first kappa shape index (κ1) is 9.68. The topological polar surface area (TPSA) is 58.3 Å². The van der Waals surface area contributed by atoms with E-state index in [4.69, 9.17) is 4.42 Å². The molecule has 1 fully saturated rings. The average Bonchev–Trinajstić information content (AvgIpc) is 2.91. The zero-order valence-electron chi connectivity index (χ0n) is 8.58. The van der Waals surface area contributed by atoms with Crippen LogP contribution in [0.3, 0.4) is 0 Å². The molecule has 1 atom stereocenters. The van der Waals surface area contributed by atoms with Crippen molar-refractivity contribution in [3.05, 3.63) is 17.3 Å². The Morgan fingerprint density at radius 1 is 1.64 bits per heavy atom. The van der Waals surface area contributed by atoms with Gasteiger partial charge in [-0.15, -0.1) is 0 Å². The second kappa shape index (κ2) is 3.71. The van der Waals surface area contributed by atoms with Crippen molar-refractivity contribution in [1.29, 1.82) is 0 Å². The van der Waals surface area contributed by atoms with Gasteiger partial charge >= 0.3 is 0 Å². The highest BCUT2D eigenvalue weighted by atomic mass is 16.4. The molecule has 1 unspecified atom stereocenters. The summed E-state index contributed by atoms with van der Waals surface area (Å²) >= 11 is 0. The molecule has 1 aromatic rings. The molecular weight excluding hydrogens is 180 g/mol. The van der Waals surface area contributed by atoms with Crippen LogP contribution in [0.15, 0.2) is 4.42 Å². The molecule has 4 heteroatoms. The van der Waals surface area contributed by atoms with Gasteiger partial charge in [0.2, 0.25) is 0 Å². The first-order valence-corrected chi connectivity index (χ1v) is 5.02. The smallest absolute Gasteiger partial charge is 0.197 e. The van der Waals surface area contributed by atoms with Crippen molar-refractivity contribution in [3.8, 4) is 0 Å². The first-order chi connectivity index (χ1) is 6.72. The molecule has 1 saturated carbocycles. The summed E-state index contributed by atoms with van der Waals surface area (Å²) in [5.41, 5.74) is 0.814. The van der Waals surface area contributed by atoms with E-state index in [1.165, 1.54) is 12.8 Å². The Labute approximate surface area is 83.3 Å². The molecule has 1 aliphatic rings. The number of oxazole rings is 1. The van der Waals surface area contributed by atoms with Gasteiger partial charge in [0.25, 0.3) is 0 Å². The number of nitrogens with one attached hydrogen (secondary N) is 1. The number of likely N-dealkylation sites (N-methyl/N-ethyl adjacent to an activating group) is 1. The number of hydrogen-bond acceptors (Lipinski definition) is 4. The predicted octanol–water partition coefficient (Wildman–Crippen LogP) is 1.11. The molecule has 0 amide bonds. The Morgan fingerprint density at radius 3 is 2.93 bits per heavy atom. The van der Waals surface area contributed by atoms with Crippen molar-refractivity contribution in [3.63, 3.8) is 0 Å². The number of rotatable bonds is 4. The van der Waals surface area contributed by atoms with E-state index in [9.17, 15) is 5.11 Å². The van der Waals surface area contributed by atoms with E-state index in [0.29, 0.717) is 18.2 Å². The Morgan fingerprint density at radius 2 is 2.36 bits per heavy atom. The summed E-state index contributed by atoms with van der Waals surface area (Å²) in [6.07, 6.45) is 1.75. The molecule has 0 aromatic carbocycles. The van der Waals surface area contributed by atoms with Crippen molar-refractivity contribution < 1.29 is 9.52 Å². The zero-order chi connectivity index (χ0) is 10.1. The van der Waals surface area contributed by atoms with Crippen LogP contribution in [0, 0.1) is 6.92 Å². The third-order valence-corrected chi connectivity index (χ3v) is 2.48. The van der Waals surface area contributed by atoms with E-state index in [0.717, 1.165) is 11.6 Å². The Kier molecular flexibility index (Phi) is 2.56. The fraction of sp³-hybridized carbons (Fsp3) is 0.700. The molecule has 2 N–H and O–H groups in total. The van der Waals surface area contributed by atoms with Crippen molar-refractivity contribution in [1.82, 2.24) is 10.3 Å². The monoisotopic (exact) mass is 196 g/mol. The minimum atomic E-state index is -0.583. The lowest BCUT2D eigenvalue weighted by atomic mass is 10.2. The lowest BCUT2D eigenvalue weighted by Gasteiger charge is -2.06. The molecule has 0 saturated heterocycles. The summed E-state index contributed by atoms with van der Waals surface area (Å²) in [5.74, 6) is 1.91. The highest BCUT2D eigenvalue weighted by molar-refractivity contribution is 5.15. The van der Waals surface area contributed by atoms with Gasteiger partial charge in [0.1, 0.15) is 6.10 Å². The van der Waals surface area contributed by atoms with Crippen molar-refractivity contribution in [2.45, 2.75) is 31.8 Å². The van der Waals surface area contributed by atoms with Crippen LogP contribution >= 0.6 is 0 Å². The predicted molar refractivity (Wildman–Crippen MR) is 52.1 cm³/mol. The van der Waals surface area contributed by atoms with E-state index in [-0.39, 0.29) is 0 Å². The summed E-state index contributed by atoms with van der Waals surface area (Å²) in [5, 5.41) is 12.6. The average molecular weight is 196 g/mol. The Hall–Kier alpha value is -0.870. The van der Waals surface area contributed by atoms with Gasteiger partial charge in [-0.05, 0) is 26.8 Å². The normalized spacial score (nSPS) is 18.5. The van der Waals surface area contributed by atoms with E-state index in [2.05, 4.69) is 10.3 Å². The van der Waals surface area contributed by atoms with Crippen molar-refractivity contribution in [2.24, 2.45) is 0 Å². The molecule has 78 valence electrons. The zero-order valence-corrected chi connectivity index (χ0v) is 8.58. The lowest BCUT2D eigenvalue weighted by molar-refractivity contribution is 0.147. The molecular formula is C10H16N2O2. The van der Waals surface area contributed by atoms with Gasteiger partial charge in [0.15, 0.2) is 11.7 Å². The minimum Gasteiger partial charge on any atom is -0.442 e. The molecule has 1 aliphatic carbocycles. The molecule has 0 aliphatic heterocycles. The van der Waals surface area contributed by atoms with Crippen LogP contribution in [0.1, 0.15) is 42.2 Å². The van der Waals surface area contributed by atoms with Gasteiger partial charge in [0, 0.05) is 12.5 Å². The van der Waals surface area contributed by atoms with E-state index in [1.807, 2.05) is 6.92 Å². The van der Waals surface area contributed by atoms with Gasteiger partial charge < -0.3 is 14.8 Å². The van der Waals surface area contributed by atoms with Gasteiger partial charge in [-0.1, -0.05) is 0 Å². The molecule has 0 spiro atoms. The highest BCUT2D eigenvalue weighted by Crippen LogP contribution is 2.40. The Bertz CT molecular complexity index is 318. The minimum absolute atomic E-state index is 0.500. The SMILES string of the molecule is CNCC(O)c1oc(C2CC2)nc1C. The largest absolute Gasteiger partial charge is 0.442 e. The van der Waals surface area contributed by atoms with Crippen LogP contribution in [-0.2, 0) is 0 Å². The summed E-state index contributed by atoms with van der Waals surface area (Å²) in [7, 11) is 1.80. The second-order valence-corrected chi connectivity index (χ2v) is 3.85. The lowest BCUT2D eigenvalue weighted by Crippen LogP contribution is -2.16. The van der Waals surface area contributed by atoms with Crippen LogP contribution in [0.4, 0.5) is 0 Å². The Balaban J connectivity index is 2.15. The number of aliphatic hydroxyl groups excluding tert-OH is 1. The van der Waals surface area contributed by atoms with Crippen molar-refractivity contribution in [2.75, 3.05) is 13.6 Å². The highest BCUT2D eigenvalue weighted by Gasteiger charge is 2.30. The van der Waals surface area contributed by atoms with E-state index in [1.54, 1.807) is 7.05 Å². The third kappa shape index (κ3) is 1.81. The van der Waals surface area contributed by atoms with Gasteiger partial charge in [-0.3, -0.25) is 0 Å². The standard InChI is InChI=1S/C10H16N2O2/c1-6-9(8(13)5-11-2)14-10(12-6)7-3-4-7/h7-8,11,13H,3-5H2,1-2H3. The summed E-state index contributed by atoms with van der Waals surface area (Å²) in [6.45, 7) is 2.38. The summed E-state index contributed by atoms with van der Waals surface area (Å²) in [6, 6.07) is 0. The molecule has 2 rings (SSSR count). The molecule has 4 nitrogen and oxygen atoms in total. The summed E-state index contributed by atoms with van der Waals surface area (Å²) in [4.78, 5) is 4.32. The molecule has 0 radical (unpaired) electrons. The van der Waals surface area contributed by atoms with Crippen LogP contribution in [0.2, 0.25) is 0 Å². The fourth-order valence-electron chi connectivity index (χ4n) is 1.53.